The molecule has 7 heteroatoms. The molecule has 118 valence electrons. The summed E-state index contributed by atoms with van der Waals surface area (Å²) in [4.78, 5) is 22.5. The van der Waals surface area contributed by atoms with E-state index in [1.165, 1.54) is 11.8 Å². The topological polar surface area (TPSA) is 63.4 Å². The minimum atomic E-state index is 0.0278. The van der Waals surface area contributed by atoms with Crippen molar-refractivity contribution < 1.29 is 4.79 Å². The first kappa shape index (κ1) is 15.5. The van der Waals surface area contributed by atoms with Crippen LogP contribution in [0.15, 0.2) is 53.9 Å². The standard InChI is InChI=1S/C16H17N5OS/c1-12(13-7-4-3-5-8-13)20(2)14(22)11-23-16-18-15-17-9-6-10-21(15)19-16/h3-10,12H,11H2,1-2H3/t12-/m0/s1. The number of fused-ring (bicyclic) bond motifs is 1. The molecule has 1 amide bonds. The van der Waals surface area contributed by atoms with Gasteiger partial charge in [-0.25, -0.2) is 9.50 Å². The van der Waals surface area contributed by atoms with Crippen molar-refractivity contribution in [2.75, 3.05) is 12.8 Å². The van der Waals surface area contributed by atoms with E-state index >= 15 is 0 Å². The Morgan fingerprint density at radius 1 is 1.30 bits per heavy atom. The number of aromatic nitrogens is 4. The van der Waals surface area contributed by atoms with Crippen LogP contribution >= 0.6 is 11.8 Å². The van der Waals surface area contributed by atoms with Crippen LogP contribution in [0.1, 0.15) is 18.5 Å². The summed E-state index contributed by atoms with van der Waals surface area (Å²) < 4.78 is 1.60. The van der Waals surface area contributed by atoms with Crippen LogP contribution in [0.25, 0.3) is 5.78 Å². The second-order valence-corrected chi connectivity index (χ2v) is 6.08. The van der Waals surface area contributed by atoms with Gasteiger partial charge >= 0.3 is 0 Å². The normalized spacial score (nSPS) is 12.3. The van der Waals surface area contributed by atoms with Gasteiger partial charge in [-0.15, -0.1) is 5.10 Å². The maximum Gasteiger partial charge on any atom is 0.253 e. The highest BCUT2D eigenvalue weighted by molar-refractivity contribution is 7.99. The van der Waals surface area contributed by atoms with Crippen molar-refractivity contribution in [3.05, 3.63) is 54.4 Å². The molecule has 3 rings (SSSR count). The molecule has 1 atom stereocenters. The molecule has 0 radical (unpaired) electrons. The van der Waals surface area contributed by atoms with Crippen molar-refractivity contribution in [1.82, 2.24) is 24.5 Å². The second kappa shape index (κ2) is 6.78. The lowest BCUT2D eigenvalue weighted by Gasteiger charge is -2.25. The van der Waals surface area contributed by atoms with Crippen molar-refractivity contribution >= 4 is 23.4 Å². The van der Waals surface area contributed by atoms with Crippen molar-refractivity contribution in [3.8, 4) is 0 Å². The molecular formula is C16H17N5OS. The number of hydrogen-bond donors (Lipinski definition) is 0. The van der Waals surface area contributed by atoms with Gasteiger partial charge in [0.15, 0.2) is 0 Å². The average Bonchev–Trinajstić information content (AvgIpc) is 3.02. The summed E-state index contributed by atoms with van der Waals surface area (Å²) in [6, 6.07) is 11.8. The molecule has 2 aromatic heterocycles. The Morgan fingerprint density at radius 3 is 2.83 bits per heavy atom. The minimum absolute atomic E-state index is 0.0278. The lowest BCUT2D eigenvalue weighted by Crippen LogP contribution is -2.31. The monoisotopic (exact) mass is 327 g/mol. The van der Waals surface area contributed by atoms with Gasteiger partial charge in [-0.3, -0.25) is 4.79 Å². The van der Waals surface area contributed by atoms with E-state index in [1.54, 1.807) is 27.9 Å². The Hall–Kier alpha value is -2.41. The van der Waals surface area contributed by atoms with Crippen LogP contribution in [0.3, 0.4) is 0 Å². The number of benzene rings is 1. The maximum absolute atomic E-state index is 12.4. The molecular weight excluding hydrogens is 310 g/mol. The highest BCUT2D eigenvalue weighted by Crippen LogP contribution is 2.20. The lowest BCUT2D eigenvalue weighted by molar-refractivity contribution is -0.128. The number of thioether (sulfide) groups is 1. The predicted molar refractivity (Wildman–Crippen MR) is 89.1 cm³/mol. The summed E-state index contributed by atoms with van der Waals surface area (Å²) in [7, 11) is 1.82. The largest absolute Gasteiger partial charge is 0.338 e. The molecule has 0 unspecified atom stereocenters. The first-order valence-corrected chi connectivity index (χ1v) is 8.24. The number of carbonyl (C=O) groups is 1. The number of rotatable bonds is 5. The highest BCUT2D eigenvalue weighted by Gasteiger charge is 2.18. The fourth-order valence-electron chi connectivity index (χ4n) is 2.17. The lowest BCUT2D eigenvalue weighted by atomic mass is 10.1. The van der Waals surface area contributed by atoms with Crippen molar-refractivity contribution in [3.63, 3.8) is 0 Å². The van der Waals surface area contributed by atoms with Crippen LogP contribution in [0, 0.1) is 0 Å². The van der Waals surface area contributed by atoms with E-state index in [-0.39, 0.29) is 11.9 Å². The molecule has 0 saturated carbocycles. The zero-order chi connectivity index (χ0) is 16.2. The second-order valence-electron chi connectivity index (χ2n) is 5.14. The molecule has 6 nitrogen and oxygen atoms in total. The first-order valence-electron chi connectivity index (χ1n) is 7.26. The van der Waals surface area contributed by atoms with Gasteiger partial charge < -0.3 is 4.90 Å². The molecule has 0 bridgehead atoms. The Balaban J connectivity index is 1.62. The number of nitrogens with zero attached hydrogens (tertiary/aromatic N) is 5. The summed E-state index contributed by atoms with van der Waals surface area (Å²) in [5, 5.41) is 4.84. The SMILES string of the molecule is C[C@@H](c1ccccc1)N(C)C(=O)CSc1nc2ncccn2n1. The molecule has 0 aliphatic rings. The molecule has 0 aliphatic heterocycles. The van der Waals surface area contributed by atoms with E-state index in [0.29, 0.717) is 16.7 Å². The van der Waals surface area contributed by atoms with Gasteiger partial charge in [0.25, 0.3) is 5.78 Å². The van der Waals surface area contributed by atoms with Gasteiger partial charge in [-0.2, -0.15) is 4.98 Å². The summed E-state index contributed by atoms with van der Waals surface area (Å²) in [5.41, 5.74) is 1.11. The van der Waals surface area contributed by atoms with Gasteiger partial charge in [0.05, 0.1) is 11.8 Å². The van der Waals surface area contributed by atoms with E-state index in [9.17, 15) is 4.79 Å². The zero-order valence-electron chi connectivity index (χ0n) is 13.0. The van der Waals surface area contributed by atoms with E-state index in [4.69, 9.17) is 0 Å². The molecule has 0 spiro atoms. The molecule has 0 N–H and O–H groups in total. The highest BCUT2D eigenvalue weighted by atomic mass is 32.2. The number of amides is 1. The van der Waals surface area contributed by atoms with E-state index < -0.39 is 0 Å². The first-order chi connectivity index (χ1) is 11.1. The van der Waals surface area contributed by atoms with Crippen LogP contribution in [-0.4, -0.2) is 43.2 Å². The Kier molecular flexibility index (Phi) is 4.57. The van der Waals surface area contributed by atoms with Gasteiger partial charge in [-0.05, 0) is 18.6 Å². The molecule has 23 heavy (non-hydrogen) atoms. The predicted octanol–water partition coefficient (Wildman–Crippen LogP) is 2.44. The average molecular weight is 327 g/mol. The number of hydrogen-bond acceptors (Lipinski definition) is 5. The van der Waals surface area contributed by atoms with E-state index in [2.05, 4.69) is 15.1 Å². The number of carbonyl (C=O) groups excluding carboxylic acids is 1. The maximum atomic E-state index is 12.4. The third-order valence-corrected chi connectivity index (χ3v) is 4.50. The van der Waals surface area contributed by atoms with Crippen LogP contribution in [0.5, 0.6) is 0 Å². The minimum Gasteiger partial charge on any atom is -0.338 e. The van der Waals surface area contributed by atoms with Gasteiger partial charge in [0.2, 0.25) is 11.1 Å². The van der Waals surface area contributed by atoms with Crippen molar-refractivity contribution in [2.24, 2.45) is 0 Å². The molecule has 2 heterocycles. The third kappa shape index (κ3) is 3.50. The fourth-order valence-corrected chi connectivity index (χ4v) is 2.92. The van der Waals surface area contributed by atoms with Gasteiger partial charge in [0.1, 0.15) is 0 Å². The molecule has 0 saturated heterocycles. The molecule has 0 fully saturated rings. The van der Waals surface area contributed by atoms with E-state index in [1.807, 2.05) is 44.3 Å². The Morgan fingerprint density at radius 2 is 2.09 bits per heavy atom. The fraction of sp³-hybridized carbons (Fsp3) is 0.250. The van der Waals surface area contributed by atoms with Crippen LogP contribution in [0.2, 0.25) is 0 Å². The quantitative estimate of drug-likeness (QED) is 0.674. The summed E-state index contributed by atoms with van der Waals surface area (Å²) in [6.45, 7) is 2.02. The summed E-state index contributed by atoms with van der Waals surface area (Å²) in [5.74, 6) is 0.872. The smallest absolute Gasteiger partial charge is 0.253 e. The summed E-state index contributed by atoms with van der Waals surface area (Å²) in [6.07, 6.45) is 3.45. The van der Waals surface area contributed by atoms with Crippen LogP contribution in [-0.2, 0) is 4.79 Å². The Labute approximate surface area is 138 Å². The van der Waals surface area contributed by atoms with Crippen molar-refractivity contribution in [2.45, 2.75) is 18.1 Å². The molecule has 3 aromatic rings. The van der Waals surface area contributed by atoms with Gasteiger partial charge in [0, 0.05) is 19.4 Å². The molecule has 1 aromatic carbocycles. The van der Waals surface area contributed by atoms with Crippen LogP contribution in [0.4, 0.5) is 0 Å². The summed E-state index contributed by atoms with van der Waals surface area (Å²) >= 11 is 1.32. The van der Waals surface area contributed by atoms with E-state index in [0.717, 1.165) is 5.56 Å². The van der Waals surface area contributed by atoms with Crippen molar-refractivity contribution in [1.29, 1.82) is 0 Å². The zero-order valence-corrected chi connectivity index (χ0v) is 13.8. The van der Waals surface area contributed by atoms with Crippen LogP contribution < -0.4 is 0 Å². The molecule has 0 aliphatic carbocycles. The Bertz CT molecular complexity index is 771. The van der Waals surface area contributed by atoms with Gasteiger partial charge in [-0.1, -0.05) is 42.1 Å². The third-order valence-electron chi connectivity index (χ3n) is 3.68.